The predicted molar refractivity (Wildman–Crippen MR) is 75.0 cm³/mol. The van der Waals surface area contributed by atoms with Gasteiger partial charge in [-0.2, -0.15) is 0 Å². The summed E-state index contributed by atoms with van der Waals surface area (Å²) in [5.41, 5.74) is 0.0725. The fraction of sp³-hybridized carbons (Fsp3) is 0.929. The van der Waals surface area contributed by atoms with E-state index >= 15 is 0 Å². The minimum atomic E-state index is -0.211. The van der Waals surface area contributed by atoms with Gasteiger partial charge in [0.1, 0.15) is 0 Å². The van der Waals surface area contributed by atoms with Crippen molar-refractivity contribution in [2.45, 2.75) is 52.1 Å². The molecule has 0 spiro atoms. The van der Waals surface area contributed by atoms with Gasteiger partial charge in [0.05, 0.1) is 25.3 Å². The van der Waals surface area contributed by atoms with Crippen LogP contribution in [0.25, 0.3) is 0 Å². The van der Waals surface area contributed by atoms with E-state index in [9.17, 15) is 9.90 Å². The van der Waals surface area contributed by atoms with Crippen LogP contribution in [0.1, 0.15) is 40.0 Å². The summed E-state index contributed by atoms with van der Waals surface area (Å²) in [6.07, 6.45) is 3.05. The summed E-state index contributed by atoms with van der Waals surface area (Å²) < 4.78 is 5.13. The Morgan fingerprint density at radius 3 is 2.42 bits per heavy atom. The summed E-state index contributed by atoms with van der Waals surface area (Å²) in [6, 6.07) is -0.335. The van der Waals surface area contributed by atoms with Gasteiger partial charge in [-0.15, -0.1) is 0 Å². The highest BCUT2D eigenvalue weighted by Crippen LogP contribution is 2.32. The van der Waals surface area contributed by atoms with Crippen LogP contribution < -0.4 is 10.6 Å². The molecule has 1 rings (SSSR count). The van der Waals surface area contributed by atoms with E-state index < -0.39 is 0 Å². The van der Waals surface area contributed by atoms with Crippen LogP contribution in [0.4, 0.5) is 4.79 Å². The molecule has 19 heavy (non-hydrogen) atoms. The maximum atomic E-state index is 11.9. The molecule has 0 radical (unpaired) electrons. The molecule has 0 aromatic rings. The Kier molecular flexibility index (Phi) is 6.07. The molecule has 1 saturated carbocycles. The van der Waals surface area contributed by atoms with E-state index in [0.717, 1.165) is 19.3 Å². The summed E-state index contributed by atoms with van der Waals surface area (Å²) in [6.45, 7) is 6.78. The number of urea groups is 1. The Morgan fingerprint density at radius 1 is 1.37 bits per heavy atom. The second-order valence-corrected chi connectivity index (χ2v) is 6.66. The number of aliphatic hydroxyl groups excluding tert-OH is 1. The number of amides is 2. The van der Waals surface area contributed by atoms with Crippen molar-refractivity contribution >= 4 is 6.03 Å². The van der Waals surface area contributed by atoms with Gasteiger partial charge in [0.2, 0.25) is 0 Å². The van der Waals surface area contributed by atoms with Gasteiger partial charge in [-0.3, -0.25) is 0 Å². The monoisotopic (exact) mass is 272 g/mol. The van der Waals surface area contributed by atoms with Crippen LogP contribution in [0.5, 0.6) is 0 Å². The number of rotatable bonds is 7. The van der Waals surface area contributed by atoms with Crippen molar-refractivity contribution in [3.05, 3.63) is 0 Å². The van der Waals surface area contributed by atoms with Crippen molar-refractivity contribution in [2.75, 3.05) is 20.3 Å². The van der Waals surface area contributed by atoms with E-state index in [0.29, 0.717) is 12.5 Å². The lowest BCUT2D eigenvalue weighted by Crippen LogP contribution is -2.50. The highest BCUT2D eigenvalue weighted by molar-refractivity contribution is 5.74. The Hall–Kier alpha value is -0.810. The first-order valence-corrected chi connectivity index (χ1v) is 7.02. The number of carbonyl (C=O) groups excluding carboxylic acids is 1. The lowest BCUT2D eigenvalue weighted by molar-refractivity contribution is 0.153. The van der Waals surface area contributed by atoms with Crippen LogP contribution in [0, 0.1) is 11.3 Å². The molecule has 0 aliphatic heterocycles. The van der Waals surface area contributed by atoms with Crippen LogP contribution in [0.3, 0.4) is 0 Å². The molecular weight excluding hydrogens is 244 g/mol. The molecule has 0 aromatic heterocycles. The summed E-state index contributed by atoms with van der Waals surface area (Å²) in [7, 11) is 1.64. The molecule has 0 aromatic carbocycles. The van der Waals surface area contributed by atoms with Gasteiger partial charge in [0, 0.05) is 7.11 Å². The molecule has 0 heterocycles. The highest BCUT2D eigenvalue weighted by Gasteiger charge is 2.32. The number of ether oxygens (including phenoxy) is 1. The lowest BCUT2D eigenvalue weighted by atomic mass is 9.88. The van der Waals surface area contributed by atoms with E-state index in [1.807, 2.05) is 0 Å². The number of methoxy groups -OCH3 is 1. The molecule has 1 fully saturated rings. The number of nitrogens with one attached hydrogen (secondary N) is 2. The van der Waals surface area contributed by atoms with Crippen LogP contribution in [-0.2, 0) is 4.74 Å². The molecule has 2 unspecified atom stereocenters. The third-order valence-corrected chi connectivity index (χ3v) is 3.27. The smallest absolute Gasteiger partial charge is 0.315 e. The van der Waals surface area contributed by atoms with Crippen molar-refractivity contribution in [1.82, 2.24) is 10.6 Å². The average Bonchev–Trinajstić information content (AvgIpc) is 3.09. The average molecular weight is 272 g/mol. The van der Waals surface area contributed by atoms with Gasteiger partial charge in [-0.05, 0) is 30.6 Å². The Labute approximate surface area is 116 Å². The summed E-state index contributed by atoms with van der Waals surface area (Å²) >= 11 is 0. The summed E-state index contributed by atoms with van der Waals surface area (Å²) in [4.78, 5) is 11.9. The molecule has 5 nitrogen and oxygen atoms in total. The van der Waals surface area contributed by atoms with E-state index in [4.69, 9.17) is 4.74 Å². The van der Waals surface area contributed by atoms with Gasteiger partial charge < -0.3 is 20.5 Å². The van der Waals surface area contributed by atoms with E-state index in [1.165, 1.54) is 0 Å². The fourth-order valence-electron chi connectivity index (χ4n) is 2.27. The van der Waals surface area contributed by atoms with Gasteiger partial charge in [-0.25, -0.2) is 4.79 Å². The molecule has 3 N–H and O–H groups in total. The van der Waals surface area contributed by atoms with Crippen LogP contribution in [0.15, 0.2) is 0 Å². The largest absolute Gasteiger partial charge is 0.394 e. The number of hydrogen-bond donors (Lipinski definition) is 3. The molecule has 1 aliphatic carbocycles. The van der Waals surface area contributed by atoms with Gasteiger partial charge in [0.25, 0.3) is 0 Å². The predicted octanol–water partition coefficient (Wildman–Crippen LogP) is 1.51. The van der Waals surface area contributed by atoms with Crippen molar-refractivity contribution in [1.29, 1.82) is 0 Å². The van der Waals surface area contributed by atoms with Crippen molar-refractivity contribution in [3.63, 3.8) is 0 Å². The van der Waals surface area contributed by atoms with Gasteiger partial charge >= 0.3 is 6.03 Å². The SMILES string of the molecule is COCC(NC(=O)NC(CO)CC(C)(C)C)C1CC1. The lowest BCUT2D eigenvalue weighted by Gasteiger charge is -2.26. The zero-order valence-electron chi connectivity index (χ0n) is 12.5. The van der Waals surface area contributed by atoms with Crippen molar-refractivity contribution < 1.29 is 14.6 Å². The molecular formula is C14H28N2O3. The fourth-order valence-corrected chi connectivity index (χ4v) is 2.27. The van der Waals surface area contributed by atoms with Gasteiger partial charge in [-0.1, -0.05) is 20.8 Å². The third kappa shape index (κ3) is 6.78. The Balaban J connectivity index is 2.38. The number of hydrogen-bond acceptors (Lipinski definition) is 3. The Morgan fingerprint density at radius 2 is 2.00 bits per heavy atom. The summed E-state index contributed by atoms with van der Waals surface area (Å²) in [5.74, 6) is 0.542. The van der Waals surface area contributed by atoms with Crippen LogP contribution >= 0.6 is 0 Å². The minimum Gasteiger partial charge on any atom is -0.394 e. The molecule has 0 bridgehead atoms. The topological polar surface area (TPSA) is 70.6 Å². The molecule has 2 atom stereocenters. The number of aliphatic hydroxyl groups is 1. The zero-order chi connectivity index (χ0) is 14.5. The maximum absolute atomic E-state index is 11.9. The molecule has 1 aliphatic rings. The van der Waals surface area contributed by atoms with Crippen molar-refractivity contribution in [2.24, 2.45) is 11.3 Å². The van der Waals surface area contributed by atoms with Gasteiger partial charge in [0.15, 0.2) is 0 Å². The molecule has 5 heteroatoms. The second kappa shape index (κ2) is 7.10. The van der Waals surface area contributed by atoms with Crippen molar-refractivity contribution in [3.8, 4) is 0 Å². The first kappa shape index (κ1) is 16.2. The first-order chi connectivity index (χ1) is 8.85. The normalized spacial score (nSPS) is 18.8. The van der Waals surface area contributed by atoms with E-state index in [-0.39, 0.29) is 30.1 Å². The maximum Gasteiger partial charge on any atom is 0.315 e. The second-order valence-electron chi connectivity index (χ2n) is 6.66. The molecule has 112 valence electrons. The van der Waals surface area contributed by atoms with E-state index in [1.54, 1.807) is 7.11 Å². The van der Waals surface area contributed by atoms with Crippen LogP contribution in [0.2, 0.25) is 0 Å². The number of carbonyl (C=O) groups is 1. The minimum absolute atomic E-state index is 0.0386. The highest BCUT2D eigenvalue weighted by atomic mass is 16.5. The Bertz CT molecular complexity index is 285. The molecule has 2 amide bonds. The van der Waals surface area contributed by atoms with E-state index in [2.05, 4.69) is 31.4 Å². The molecule has 0 saturated heterocycles. The van der Waals surface area contributed by atoms with Crippen LogP contribution in [-0.4, -0.2) is 43.5 Å². The zero-order valence-corrected chi connectivity index (χ0v) is 12.5. The standard InChI is InChI=1S/C14H28N2O3/c1-14(2,3)7-11(8-17)15-13(18)16-12(9-19-4)10-5-6-10/h10-12,17H,5-9H2,1-4H3,(H2,15,16,18). The quantitative estimate of drug-likeness (QED) is 0.658. The summed E-state index contributed by atoms with van der Waals surface area (Å²) in [5, 5.41) is 15.1. The third-order valence-electron chi connectivity index (χ3n) is 3.27. The first-order valence-electron chi connectivity index (χ1n) is 7.02.